The predicted molar refractivity (Wildman–Crippen MR) is 109 cm³/mol. The number of nitrogens with one attached hydrogen (secondary N) is 3. The molecule has 4 rings (SSSR count). The summed E-state index contributed by atoms with van der Waals surface area (Å²) in [5, 5.41) is 7.65. The number of piperazine rings is 1. The van der Waals surface area contributed by atoms with E-state index in [-0.39, 0.29) is 5.91 Å². The van der Waals surface area contributed by atoms with Crippen molar-refractivity contribution in [3.05, 3.63) is 40.6 Å². The lowest BCUT2D eigenvalue weighted by Gasteiger charge is -2.28. The smallest absolute Gasteiger partial charge is 0.291 e. The summed E-state index contributed by atoms with van der Waals surface area (Å²) in [5.41, 5.74) is 1.10. The highest BCUT2D eigenvalue weighted by molar-refractivity contribution is 7.71. The number of benzene rings is 1. The van der Waals surface area contributed by atoms with E-state index in [4.69, 9.17) is 21.4 Å². The molecule has 2 aliphatic rings. The van der Waals surface area contributed by atoms with E-state index >= 15 is 0 Å². The SMILES string of the molecule is COc1ccc(Cc2nn(C[NH+]3CC[NH+](CC(=O)NC4CC4)CC3)c(=S)o2)cc1. The van der Waals surface area contributed by atoms with Crippen molar-refractivity contribution < 1.29 is 23.7 Å². The van der Waals surface area contributed by atoms with Gasteiger partial charge in [-0.3, -0.25) is 4.79 Å². The molecule has 8 nitrogen and oxygen atoms in total. The van der Waals surface area contributed by atoms with Crippen molar-refractivity contribution in [1.82, 2.24) is 15.1 Å². The fraction of sp³-hybridized carbons (Fsp3) is 0.550. The summed E-state index contributed by atoms with van der Waals surface area (Å²) >= 11 is 5.37. The summed E-state index contributed by atoms with van der Waals surface area (Å²) in [4.78, 5) is 15.2. The summed E-state index contributed by atoms with van der Waals surface area (Å²) in [5.74, 6) is 1.64. The highest BCUT2D eigenvalue weighted by atomic mass is 32.1. The Morgan fingerprint density at radius 3 is 2.59 bits per heavy atom. The quantitative estimate of drug-likeness (QED) is 0.470. The van der Waals surface area contributed by atoms with E-state index in [0.29, 0.717) is 36.4 Å². The Morgan fingerprint density at radius 1 is 1.24 bits per heavy atom. The van der Waals surface area contributed by atoms with Crippen molar-refractivity contribution in [2.45, 2.75) is 32.0 Å². The van der Waals surface area contributed by atoms with E-state index < -0.39 is 0 Å². The Hall–Kier alpha value is -2.23. The summed E-state index contributed by atoms with van der Waals surface area (Å²) in [6.45, 7) is 5.24. The first kappa shape index (κ1) is 20.1. The monoisotopic (exact) mass is 419 g/mol. The number of aromatic nitrogens is 2. The predicted octanol–water partition coefficient (Wildman–Crippen LogP) is -1.18. The van der Waals surface area contributed by atoms with Gasteiger partial charge in [-0.15, -0.1) is 5.10 Å². The summed E-state index contributed by atoms with van der Waals surface area (Å²) < 4.78 is 12.7. The molecule has 9 heteroatoms. The van der Waals surface area contributed by atoms with Gasteiger partial charge in [0.05, 0.1) is 13.5 Å². The fourth-order valence-electron chi connectivity index (χ4n) is 3.68. The number of carbonyl (C=O) groups excluding carboxylic acids is 1. The average Bonchev–Trinajstić information content (AvgIpc) is 3.46. The van der Waals surface area contributed by atoms with Gasteiger partial charge >= 0.3 is 0 Å². The van der Waals surface area contributed by atoms with Gasteiger partial charge in [0, 0.05) is 6.04 Å². The normalized spacial score (nSPS) is 21.7. The lowest BCUT2D eigenvalue weighted by atomic mass is 10.1. The molecule has 1 saturated heterocycles. The molecule has 1 amide bonds. The minimum atomic E-state index is 0.188. The van der Waals surface area contributed by atoms with Crippen molar-refractivity contribution in [1.29, 1.82) is 0 Å². The van der Waals surface area contributed by atoms with Gasteiger partial charge in [-0.2, -0.15) is 4.68 Å². The van der Waals surface area contributed by atoms with Crippen LogP contribution in [0.4, 0.5) is 0 Å². The van der Waals surface area contributed by atoms with Crippen molar-refractivity contribution >= 4 is 18.1 Å². The van der Waals surface area contributed by atoms with E-state index in [9.17, 15) is 4.79 Å². The number of hydrogen-bond donors (Lipinski definition) is 3. The van der Waals surface area contributed by atoms with Crippen LogP contribution in [0.3, 0.4) is 0 Å². The van der Waals surface area contributed by atoms with Crippen LogP contribution in [-0.2, 0) is 17.9 Å². The second-order valence-electron chi connectivity index (χ2n) is 7.96. The molecule has 2 aromatic rings. The zero-order chi connectivity index (χ0) is 20.2. The highest BCUT2D eigenvalue weighted by Crippen LogP contribution is 2.18. The van der Waals surface area contributed by atoms with Crippen LogP contribution in [0.15, 0.2) is 28.7 Å². The van der Waals surface area contributed by atoms with Gasteiger partial charge < -0.3 is 24.3 Å². The van der Waals surface area contributed by atoms with Gasteiger partial charge in [-0.05, 0) is 42.8 Å². The molecule has 1 aliphatic heterocycles. The molecule has 1 aliphatic carbocycles. The van der Waals surface area contributed by atoms with Crippen LogP contribution < -0.4 is 19.9 Å². The molecule has 156 valence electrons. The summed E-state index contributed by atoms with van der Waals surface area (Å²) in [7, 11) is 1.65. The second kappa shape index (κ2) is 9.06. The minimum Gasteiger partial charge on any atom is -0.497 e. The molecule has 2 fully saturated rings. The van der Waals surface area contributed by atoms with Crippen LogP contribution in [0, 0.1) is 4.84 Å². The molecular weight excluding hydrogens is 390 g/mol. The summed E-state index contributed by atoms with van der Waals surface area (Å²) in [6.07, 6.45) is 2.87. The molecule has 0 unspecified atom stereocenters. The maximum atomic E-state index is 12.0. The highest BCUT2D eigenvalue weighted by Gasteiger charge is 2.28. The first-order chi connectivity index (χ1) is 14.1. The van der Waals surface area contributed by atoms with E-state index in [2.05, 4.69) is 10.4 Å². The molecule has 0 spiro atoms. The van der Waals surface area contributed by atoms with Crippen molar-refractivity contribution in [3.63, 3.8) is 0 Å². The van der Waals surface area contributed by atoms with Gasteiger partial charge in [-0.1, -0.05) is 12.1 Å². The number of hydrogen-bond acceptors (Lipinski definition) is 5. The molecular formula is C20H29N5O3S+2. The number of rotatable bonds is 8. The lowest BCUT2D eigenvalue weighted by molar-refractivity contribution is -1.02. The number of ether oxygens (including phenoxy) is 1. The third-order valence-electron chi connectivity index (χ3n) is 5.55. The molecule has 1 aromatic heterocycles. The van der Waals surface area contributed by atoms with Gasteiger partial charge in [0.2, 0.25) is 5.89 Å². The third-order valence-corrected chi connectivity index (χ3v) is 5.85. The van der Waals surface area contributed by atoms with Crippen molar-refractivity contribution in [3.8, 4) is 5.75 Å². The number of amides is 1. The van der Waals surface area contributed by atoms with Gasteiger partial charge in [-0.25, -0.2) is 0 Å². The summed E-state index contributed by atoms with van der Waals surface area (Å²) in [6, 6.07) is 8.30. The average molecular weight is 420 g/mol. The Labute approximate surface area is 175 Å². The fourth-order valence-corrected chi connectivity index (χ4v) is 3.88. The largest absolute Gasteiger partial charge is 0.497 e. The second-order valence-corrected chi connectivity index (χ2v) is 8.31. The van der Waals surface area contributed by atoms with Gasteiger partial charge in [0.1, 0.15) is 31.9 Å². The minimum absolute atomic E-state index is 0.188. The Morgan fingerprint density at radius 2 is 1.93 bits per heavy atom. The maximum absolute atomic E-state index is 12.0. The van der Waals surface area contributed by atoms with Crippen LogP contribution in [0.1, 0.15) is 24.3 Å². The number of nitrogens with zero attached hydrogens (tertiary/aromatic N) is 2. The lowest BCUT2D eigenvalue weighted by Crippen LogP contribution is -3.28. The molecule has 1 saturated carbocycles. The van der Waals surface area contributed by atoms with E-state index in [1.807, 2.05) is 24.3 Å². The zero-order valence-corrected chi connectivity index (χ0v) is 17.6. The molecule has 2 heterocycles. The van der Waals surface area contributed by atoms with Crippen LogP contribution in [0.2, 0.25) is 0 Å². The standard InChI is InChI=1S/C20H27N5O3S/c1-27-17-6-2-15(3-7-17)12-19-22-25(20(29)28-19)14-24-10-8-23(9-11-24)13-18(26)21-16-4-5-16/h2-3,6-7,16H,4-5,8-14H2,1H3,(H,21,26)/p+2. The van der Waals surface area contributed by atoms with Gasteiger partial charge in [0.15, 0.2) is 13.2 Å². The number of carbonyl (C=O) groups is 1. The van der Waals surface area contributed by atoms with E-state index in [0.717, 1.165) is 50.3 Å². The third kappa shape index (κ3) is 5.65. The molecule has 0 radical (unpaired) electrons. The van der Waals surface area contributed by atoms with Crippen molar-refractivity contribution in [2.24, 2.45) is 0 Å². The van der Waals surface area contributed by atoms with E-state index in [1.54, 1.807) is 11.8 Å². The zero-order valence-electron chi connectivity index (χ0n) is 16.8. The number of quaternary nitrogens is 2. The Bertz CT molecular complexity index is 882. The van der Waals surface area contributed by atoms with Gasteiger partial charge in [0.25, 0.3) is 10.7 Å². The maximum Gasteiger partial charge on any atom is 0.291 e. The van der Waals surface area contributed by atoms with Crippen LogP contribution >= 0.6 is 12.2 Å². The molecule has 0 atom stereocenters. The molecule has 29 heavy (non-hydrogen) atoms. The number of methoxy groups -OCH3 is 1. The first-order valence-corrected chi connectivity index (χ1v) is 10.7. The molecule has 0 bridgehead atoms. The first-order valence-electron chi connectivity index (χ1n) is 10.3. The molecule has 3 N–H and O–H groups in total. The van der Waals surface area contributed by atoms with E-state index in [1.165, 1.54) is 9.80 Å². The topological polar surface area (TPSA) is 78.2 Å². The van der Waals surface area contributed by atoms with Crippen molar-refractivity contribution in [2.75, 3.05) is 39.8 Å². The Balaban J connectivity index is 1.26. The molecule has 1 aromatic carbocycles. The van der Waals surface area contributed by atoms with Crippen LogP contribution in [0.25, 0.3) is 0 Å². The van der Waals surface area contributed by atoms with Crippen LogP contribution in [0.5, 0.6) is 5.75 Å². The van der Waals surface area contributed by atoms with Crippen LogP contribution in [-0.4, -0.2) is 61.6 Å². The Kier molecular flexibility index (Phi) is 6.27.